The summed E-state index contributed by atoms with van der Waals surface area (Å²) >= 11 is 0. The van der Waals surface area contributed by atoms with E-state index in [9.17, 15) is 14.4 Å². The van der Waals surface area contributed by atoms with E-state index >= 15 is 0 Å². The topological polar surface area (TPSA) is 91.4 Å². The highest BCUT2D eigenvalue weighted by atomic mass is 16.5. The lowest BCUT2D eigenvalue weighted by Gasteiger charge is -2.33. The summed E-state index contributed by atoms with van der Waals surface area (Å²) in [6.45, 7) is 4.12. The molecule has 2 heterocycles. The van der Waals surface area contributed by atoms with E-state index in [-0.39, 0.29) is 36.8 Å². The largest absolute Gasteiger partial charge is 0.484 e. The van der Waals surface area contributed by atoms with Crippen LogP contribution in [0.5, 0.6) is 5.75 Å². The first kappa shape index (κ1) is 25.5. The third-order valence-corrected chi connectivity index (χ3v) is 6.59. The zero-order chi connectivity index (χ0) is 25.3. The van der Waals surface area contributed by atoms with E-state index in [4.69, 9.17) is 9.47 Å². The summed E-state index contributed by atoms with van der Waals surface area (Å²) in [6.07, 6.45) is 1.15. The maximum absolute atomic E-state index is 12.9. The van der Waals surface area contributed by atoms with Gasteiger partial charge in [0.15, 0.2) is 6.61 Å². The number of amides is 3. The molecule has 0 aromatic heterocycles. The molecule has 3 amide bonds. The number of nitrogens with zero attached hydrogens (tertiary/aromatic N) is 3. The molecule has 2 fully saturated rings. The van der Waals surface area contributed by atoms with Crippen molar-refractivity contribution in [3.63, 3.8) is 0 Å². The Hall–Kier alpha value is -3.59. The quantitative estimate of drug-likeness (QED) is 0.605. The first-order valence-corrected chi connectivity index (χ1v) is 12.4. The number of para-hydroxylation sites is 1. The standard InChI is InChI=1S/C27H34N4O5/c1-29(19-25(32)28-22-7-9-23(10-8-22)30-15-17-35-18-16-30)27(34)21-11-13-31(14-12-21)26(33)20-36-24-5-3-2-4-6-24/h2-10,21H,11-20H2,1H3,(H,28,32). The Morgan fingerprint density at radius 1 is 0.972 bits per heavy atom. The second-order valence-corrected chi connectivity index (χ2v) is 9.15. The molecule has 0 saturated carbocycles. The summed E-state index contributed by atoms with van der Waals surface area (Å²) in [7, 11) is 1.65. The van der Waals surface area contributed by atoms with Crippen LogP contribution in [-0.4, -0.2) is 87.1 Å². The number of rotatable bonds is 8. The van der Waals surface area contributed by atoms with Gasteiger partial charge in [0.2, 0.25) is 11.8 Å². The molecule has 0 spiro atoms. The number of likely N-dealkylation sites (tertiary alicyclic amines) is 1. The van der Waals surface area contributed by atoms with Gasteiger partial charge in [-0.15, -0.1) is 0 Å². The van der Waals surface area contributed by atoms with Crippen LogP contribution in [0.15, 0.2) is 54.6 Å². The van der Waals surface area contributed by atoms with Gasteiger partial charge in [-0.1, -0.05) is 18.2 Å². The van der Waals surface area contributed by atoms with Gasteiger partial charge in [0.05, 0.1) is 19.8 Å². The number of hydrogen-bond donors (Lipinski definition) is 1. The monoisotopic (exact) mass is 494 g/mol. The second-order valence-electron chi connectivity index (χ2n) is 9.15. The van der Waals surface area contributed by atoms with Crippen molar-refractivity contribution in [2.45, 2.75) is 12.8 Å². The van der Waals surface area contributed by atoms with E-state index in [1.165, 1.54) is 4.90 Å². The summed E-state index contributed by atoms with van der Waals surface area (Å²) in [5, 5.41) is 2.87. The molecule has 0 aliphatic carbocycles. The van der Waals surface area contributed by atoms with Crippen molar-refractivity contribution in [2.24, 2.45) is 5.92 Å². The van der Waals surface area contributed by atoms with Crippen LogP contribution in [0, 0.1) is 5.92 Å². The van der Waals surface area contributed by atoms with Crippen molar-refractivity contribution in [2.75, 3.05) is 69.8 Å². The third-order valence-electron chi connectivity index (χ3n) is 6.59. The zero-order valence-electron chi connectivity index (χ0n) is 20.7. The predicted octanol–water partition coefficient (Wildman–Crippen LogP) is 2.24. The van der Waals surface area contributed by atoms with Crippen LogP contribution in [0.1, 0.15) is 12.8 Å². The summed E-state index contributed by atoms with van der Waals surface area (Å²) in [5.74, 6) is 0.0618. The first-order chi connectivity index (χ1) is 17.5. The van der Waals surface area contributed by atoms with Gasteiger partial charge >= 0.3 is 0 Å². The number of anilines is 2. The molecule has 0 bridgehead atoms. The Morgan fingerprint density at radius 2 is 1.64 bits per heavy atom. The van der Waals surface area contributed by atoms with Gasteiger partial charge in [-0.2, -0.15) is 0 Å². The van der Waals surface area contributed by atoms with Crippen LogP contribution in [-0.2, 0) is 19.1 Å². The number of piperidine rings is 1. The molecule has 36 heavy (non-hydrogen) atoms. The first-order valence-electron chi connectivity index (χ1n) is 12.4. The fourth-order valence-electron chi connectivity index (χ4n) is 4.51. The summed E-state index contributed by atoms with van der Waals surface area (Å²) < 4.78 is 10.9. The van der Waals surface area contributed by atoms with E-state index < -0.39 is 0 Å². The van der Waals surface area contributed by atoms with Crippen molar-refractivity contribution < 1.29 is 23.9 Å². The molecule has 2 aromatic rings. The Labute approximate surface area is 211 Å². The van der Waals surface area contributed by atoms with Gasteiger partial charge in [-0.25, -0.2) is 0 Å². The molecule has 0 atom stereocenters. The molecular weight excluding hydrogens is 460 g/mol. The molecule has 192 valence electrons. The SMILES string of the molecule is CN(CC(=O)Nc1ccc(N2CCOCC2)cc1)C(=O)C1CCN(C(=O)COc2ccccc2)CC1. The minimum atomic E-state index is -0.240. The number of nitrogens with one attached hydrogen (secondary N) is 1. The maximum atomic E-state index is 12.9. The smallest absolute Gasteiger partial charge is 0.260 e. The summed E-state index contributed by atoms with van der Waals surface area (Å²) in [6, 6.07) is 16.9. The molecule has 1 N–H and O–H groups in total. The van der Waals surface area contributed by atoms with Crippen LogP contribution in [0.3, 0.4) is 0 Å². The summed E-state index contributed by atoms with van der Waals surface area (Å²) in [5.41, 5.74) is 1.79. The molecule has 9 heteroatoms. The van der Waals surface area contributed by atoms with Crippen LogP contribution in [0.4, 0.5) is 11.4 Å². The van der Waals surface area contributed by atoms with Gasteiger partial charge in [0.25, 0.3) is 5.91 Å². The van der Waals surface area contributed by atoms with Crippen LogP contribution < -0.4 is 15.0 Å². The fourth-order valence-corrected chi connectivity index (χ4v) is 4.51. The molecule has 2 aliphatic heterocycles. The zero-order valence-corrected chi connectivity index (χ0v) is 20.7. The highest BCUT2D eigenvalue weighted by Crippen LogP contribution is 2.21. The highest BCUT2D eigenvalue weighted by molar-refractivity contribution is 5.95. The van der Waals surface area contributed by atoms with Gasteiger partial charge in [0.1, 0.15) is 5.75 Å². The normalized spacial score (nSPS) is 16.4. The Balaban J connectivity index is 1.18. The molecule has 4 rings (SSSR count). The van der Waals surface area contributed by atoms with Crippen molar-refractivity contribution in [1.29, 1.82) is 0 Å². The lowest BCUT2D eigenvalue weighted by Crippen LogP contribution is -2.46. The van der Waals surface area contributed by atoms with Gasteiger partial charge in [-0.05, 0) is 49.2 Å². The van der Waals surface area contributed by atoms with Crippen molar-refractivity contribution in [3.8, 4) is 5.75 Å². The minimum Gasteiger partial charge on any atom is -0.484 e. The Bertz CT molecular complexity index is 1020. The maximum Gasteiger partial charge on any atom is 0.260 e. The average Bonchev–Trinajstić information content (AvgIpc) is 2.93. The number of likely N-dealkylation sites (N-methyl/N-ethyl adjacent to an activating group) is 1. The van der Waals surface area contributed by atoms with E-state index in [0.717, 1.165) is 32.0 Å². The number of hydrogen-bond acceptors (Lipinski definition) is 6. The lowest BCUT2D eigenvalue weighted by molar-refractivity contribution is -0.141. The minimum absolute atomic E-state index is 0.0177. The van der Waals surface area contributed by atoms with Crippen molar-refractivity contribution >= 4 is 29.1 Å². The molecule has 2 saturated heterocycles. The van der Waals surface area contributed by atoms with Gasteiger partial charge in [-0.3, -0.25) is 14.4 Å². The van der Waals surface area contributed by atoms with Crippen molar-refractivity contribution in [1.82, 2.24) is 9.80 Å². The predicted molar refractivity (Wildman–Crippen MR) is 137 cm³/mol. The molecule has 0 radical (unpaired) electrons. The molecule has 9 nitrogen and oxygen atoms in total. The van der Waals surface area contributed by atoms with E-state index in [1.807, 2.05) is 54.6 Å². The van der Waals surface area contributed by atoms with E-state index in [1.54, 1.807) is 11.9 Å². The van der Waals surface area contributed by atoms with Gasteiger partial charge < -0.3 is 29.5 Å². The number of ether oxygens (including phenoxy) is 2. The average molecular weight is 495 g/mol. The molecule has 2 aromatic carbocycles. The highest BCUT2D eigenvalue weighted by Gasteiger charge is 2.29. The van der Waals surface area contributed by atoms with Gasteiger partial charge in [0, 0.05) is 50.5 Å². The lowest BCUT2D eigenvalue weighted by atomic mass is 9.95. The van der Waals surface area contributed by atoms with Crippen LogP contribution >= 0.6 is 0 Å². The number of benzene rings is 2. The van der Waals surface area contributed by atoms with E-state index in [0.29, 0.717) is 37.4 Å². The third kappa shape index (κ3) is 6.97. The summed E-state index contributed by atoms with van der Waals surface area (Å²) in [4.78, 5) is 43.3. The Morgan fingerprint density at radius 3 is 2.31 bits per heavy atom. The van der Waals surface area contributed by atoms with Crippen molar-refractivity contribution in [3.05, 3.63) is 54.6 Å². The number of morpholine rings is 1. The molecule has 0 unspecified atom stereocenters. The fraction of sp³-hybridized carbons (Fsp3) is 0.444. The molecular formula is C27H34N4O5. The van der Waals surface area contributed by atoms with Crippen LogP contribution in [0.25, 0.3) is 0 Å². The number of carbonyl (C=O) groups is 3. The molecule has 2 aliphatic rings. The Kier molecular flexibility index (Phi) is 8.78. The number of carbonyl (C=O) groups excluding carboxylic acids is 3. The van der Waals surface area contributed by atoms with Crippen LogP contribution in [0.2, 0.25) is 0 Å². The van der Waals surface area contributed by atoms with E-state index in [2.05, 4.69) is 10.2 Å². The second kappa shape index (κ2) is 12.4.